The van der Waals surface area contributed by atoms with Crippen molar-refractivity contribution in [1.29, 1.82) is 0 Å². The maximum Gasteiger partial charge on any atom is 0.0764 e. The summed E-state index contributed by atoms with van der Waals surface area (Å²) in [6, 6.07) is 3.34. The number of aromatic nitrogens is 2. The standard InChI is InChI=1S/C15H28N4/c1-4-13(3)19-10-8-15(17-19)12-18-9-6-7-14(11-18)16-5-2/h8,10,13-14,16H,4-7,9,11-12H2,1-3H3. The fourth-order valence-corrected chi connectivity index (χ4v) is 2.78. The third-order valence-corrected chi connectivity index (χ3v) is 4.09. The molecule has 19 heavy (non-hydrogen) atoms. The summed E-state index contributed by atoms with van der Waals surface area (Å²) in [6.45, 7) is 11.0. The van der Waals surface area contributed by atoms with Gasteiger partial charge in [-0.1, -0.05) is 13.8 Å². The van der Waals surface area contributed by atoms with Crippen molar-refractivity contribution < 1.29 is 0 Å². The van der Waals surface area contributed by atoms with Gasteiger partial charge in [-0.05, 0) is 45.3 Å². The lowest BCUT2D eigenvalue weighted by molar-refractivity contribution is 0.182. The Morgan fingerprint density at radius 2 is 2.32 bits per heavy atom. The highest BCUT2D eigenvalue weighted by atomic mass is 15.3. The molecular weight excluding hydrogens is 236 g/mol. The van der Waals surface area contributed by atoms with Gasteiger partial charge in [0.05, 0.1) is 5.69 Å². The van der Waals surface area contributed by atoms with Gasteiger partial charge in [0.25, 0.3) is 0 Å². The molecule has 0 amide bonds. The topological polar surface area (TPSA) is 33.1 Å². The monoisotopic (exact) mass is 264 g/mol. The lowest BCUT2D eigenvalue weighted by atomic mass is 10.1. The lowest BCUT2D eigenvalue weighted by Gasteiger charge is -2.32. The van der Waals surface area contributed by atoms with E-state index in [0.717, 1.165) is 26.1 Å². The molecule has 2 heterocycles. The minimum atomic E-state index is 0.504. The van der Waals surface area contributed by atoms with Crippen LogP contribution in [0.5, 0.6) is 0 Å². The summed E-state index contributed by atoms with van der Waals surface area (Å²) in [5.41, 5.74) is 1.21. The van der Waals surface area contributed by atoms with E-state index in [0.29, 0.717) is 12.1 Å². The van der Waals surface area contributed by atoms with Crippen LogP contribution in [0.2, 0.25) is 0 Å². The Hall–Kier alpha value is -0.870. The van der Waals surface area contributed by atoms with Crippen LogP contribution in [-0.4, -0.2) is 40.4 Å². The second kappa shape index (κ2) is 7.06. The summed E-state index contributed by atoms with van der Waals surface area (Å²) in [5.74, 6) is 0. The van der Waals surface area contributed by atoms with Gasteiger partial charge in [-0.3, -0.25) is 9.58 Å². The van der Waals surface area contributed by atoms with Crippen molar-refractivity contribution in [1.82, 2.24) is 20.0 Å². The summed E-state index contributed by atoms with van der Waals surface area (Å²) in [5, 5.41) is 8.27. The minimum Gasteiger partial charge on any atom is -0.313 e. The Morgan fingerprint density at radius 1 is 1.47 bits per heavy atom. The number of nitrogens with zero attached hydrogens (tertiary/aromatic N) is 3. The normalized spacial score (nSPS) is 22.6. The summed E-state index contributed by atoms with van der Waals surface area (Å²) in [6.07, 6.45) is 5.86. The van der Waals surface area contributed by atoms with Crippen molar-refractivity contribution in [3.05, 3.63) is 18.0 Å². The van der Waals surface area contributed by atoms with Gasteiger partial charge in [0.2, 0.25) is 0 Å². The van der Waals surface area contributed by atoms with Gasteiger partial charge in [-0.15, -0.1) is 0 Å². The SMILES string of the molecule is CCNC1CCCN(Cc2ccn(C(C)CC)n2)C1. The highest BCUT2D eigenvalue weighted by Crippen LogP contribution is 2.14. The van der Waals surface area contributed by atoms with E-state index in [4.69, 9.17) is 5.10 Å². The smallest absolute Gasteiger partial charge is 0.0764 e. The average Bonchev–Trinajstić information content (AvgIpc) is 2.87. The van der Waals surface area contributed by atoms with Crippen molar-refractivity contribution in [3.8, 4) is 0 Å². The molecule has 4 nitrogen and oxygen atoms in total. The van der Waals surface area contributed by atoms with Crippen molar-refractivity contribution in [3.63, 3.8) is 0 Å². The van der Waals surface area contributed by atoms with Crippen LogP contribution >= 0.6 is 0 Å². The molecule has 0 aliphatic carbocycles. The van der Waals surface area contributed by atoms with Crippen LogP contribution in [0.4, 0.5) is 0 Å². The molecule has 2 unspecified atom stereocenters. The highest BCUT2D eigenvalue weighted by molar-refractivity contribution is 5.00. The summed E-state index contributed by atoms with van der Waals surface area (Å²) < 4.78 is 2.10. The van der Waals surface area contributed by atoms with Crippen LogP contribution in [0.25, 0.3) is 0 Å². The molecule has 0 bridgehead atoms. The first kappa shape index (κ1) is 14.5. The molecule has 0 saturated carbocycles. The zero-order valence-corrected chi connectivity index (χ0v) is 12.6. The van der Waals surface area contributed by atoms with Crippen LogP contribution in [0.3, 0.4) is 0 Å². The number of rotatable bonds is 6. The summed E-state index contributed by atoms with van der Waals surface area (Å²) >= 11 is 0. The number of likely N-dealkylation sites (tertiary alicyclic amines) is 1. The molecular formula is C15H28N4. The first-order valence-corrected chi connectivity index (χ1v) is 7.72. The largest absolute Gasteiger partial charge is 0.313 e. The number of hydrogen-bond donors (Lipinski definition) is 1. The maximum atomic E-state index is 4.70. The molecule has 0 radical (unpaired) electrons. The molecule has 1 fully saturated rings. The Morgan fingerprint density at radius 3 is 3.05 bits per heavy atom. The number of hydrogen-bond acceptors (Lipinski definition) is 3. The first-order valence-electron chi connectivity index (χ1n) is 7.72. The van der Waals surface area contributed by atoms with Gasteiger partial charge < -0.3 is 5.32 Å². The summed E-state index contributed by atoms with van der Waals surface area (Å²) in [4.78, 5) is 2.53. The quantitative estimate of drug-likeness (QED) is 0.856. The van der Waals surface area contributed by atoms with Gasteiger partial charge in [0.15, 0.2) is 0 Å². The minimum absolute atomic E-state index is 0.504. The van der Waals surface area contributed by atoms with E-state index in [2.05, 4.69) is 47.9 Å². The molecule has 0 aromatic carbocycles. The van der Waals surface area contributed by atoms with E-state index < -0.39 is 0 Å². The fourth-order valence-electron chi connectivity index (χ4n) is 2.78. The maximum absolute atomic E-state index is 4.70. The van der Waals surface area contributed by atoms with Gasteiger partial charge >= 0.3 is 0 Å². The third-order valence-electron chi connectivity index (χ3n) is 4.09. The van der Waals surface area contributed by atoms with Gasteiger partial charge in [-0.2, -0.15) is 5.10 Å². The third kappa shape index (κ3) is 4.05. The lowest BCUT2D eigenvalue weighted by Crippen LogP contribution is -2.45. The Balaban J connectivity index is 1.88. The van der Waals surface area contributed by atoms with E-state index in [-0.39, 0.29) is 0 Å². The van der Waals surface area contributed by atoms with Crippen molar-refractivity contribution >= 4 is 0 Å². The van der Waals surface area contributed by atoms with Gasteiger partial charge in [0, 0.05) is 31.4 Å². The van der Waals surface area contributed by atoms with E-state index >= 15 is 0 Å². The molecule has 1 aromatic heterocycles. The highest BCUT2D eigenvalue weighted by Gasteiger charge is 2.19. The summed E-state index contributed by atoms with van der Waals surface area (Å²) in [7, 11) is 0. The van der Waals surface area contributed by atoms with Crippen LogP contribution in [0, 0.1) is 0 Å². The van der Waals surface area contributed by atoms with Crippen LogP contribution in [-0.2, 0) is 6.54 Å². The molecule has 1 N–H and O–H groups in total. The van der Waals surface area contributed by atoms with Gasteiger partial charge in [-0.25, -0.2) is 0 Å². The van der Waals surface area contributed by atoms with E-state index in [1.54, 1.807) is 0 Å². The fraction of sp³-hybridized carbons (Fsp3) is 0.800. The van der Waals surface area contributed by atoms with Crippen LogP contribution in [0.15, 0.2) is 12.3 Å². The van der Waals surface area contributed by atoms with E-state index in [1.165, 1.54) is 25.1 Å². The predicted molar refractivity (Wildman–Crippen MR) is 79.2 cm³/mol. The Kier molecular flexibility index (Phi) is 5.40. The van der Waals surface area contributed by atoms with E-state index in [1.807, 2.05) is 0 Å². The molecule has 1 aromatic rings. The van der Waals surface area contributed by atoms with Crippen LogP contribution in [0.1, 0.15) is 51.8 Å². The number of likely N-dealkylation sites (N-methyl/N-ethyl adjacent to an activating group) is 1. The molecule has 1 aliphatic rings. The molecule has 1 aliphatic heterocycles. The Bertz CT molecular complexity index is 372. The average molecular weight is 264 g/mol. The zero-order chi connectivity index (χ0) is 13.7. The zero-order valence-electron chi connectivity index (χ0n) is 12.6. The van der Waals surface area contributed by atoms with Gasteiger partial charge in [0.1, 0.15) is 0 Å². The van der Waals surface area contributed by atoms with Crippen molar-refractivity contribution in [2.75, 3.05) is 19.6 Å². The second-order valence-corrected chi connectivity index (χ2v) is 5.68. The molecule has 2 atom stereocenters. The Labute approximate surface area is 117 Å². The van der Waals surface area contributed by atoms with Crippen molar-refractivity contribution in [2.24, 2.45) is 0 Å². The molecule has 4 heteroatoms. The molecule has 108 valence electrons. The van der Waals surface area contributed by atoms with Crippen LogP contribution < -0.4 is 5.32 Å². The molecule has 0 spiro atoms. The molecule has 1 saturated heterocycles. The number of nitrogens with one attached hydrogen (secondary N) is 1. The van der Waals surface area contributed by atoms with E-state index in [9.17, 15) is 0 Å². The molecule has 2 rings (SSSR count). The number of piperidine rings is 1. The predicted octanol–water partition coefficient (Wildman–Crippen LogP) is 2.43. The second-order valence-electron chi connectivity index (χ2n) is 5.68. The first-order chi connectivity index (χ1) is 9.22. The van der Waals surface area contributed by atoms with Crippen molar-refractivity contribution in [2.45, 2.75) is 58.7 Å².